The topological polar surface area (TPSA) is 75.6 Å². The lowest BCUT2D eigenvalue weighted by Crippen LogP contribution is -2.26. The summed E-state index contributed by atoms with van der Waals surface area (Å²) in [6, 6.07) is 0. The van der Waals surface area contributed by atoms with Gasteiger partial charge in [-0.05, 0) is 105 Å². The van der Waals surface area contributed by atoms with Gasteiger partial charge in [-0.2, -0.15) is 0 Å². The van der Waals surface area contributed by atoms with E-state index in [2.05, 4.69) is 27.7 Å². The fourth-order valence-electron chi connectivity index (χ4n) is 4.08. The van der Waals surface area contributed by atoms with Crippen molar-refractivity contribution in [3.63, 3.8) is 0 Å². The van der Waals surface area contributed by atoms with Gasteiger partial charge in [-0.15, -0.1) is 0 Å². The Kier molecular flexibility index (Phi) is 22.9. The number of hydrogen-bond acceptors (Lipinski definition) is 7. The Morgan fingerprint density at radius 3 is 1.03 bits per heavy atom. The fourth-order valence-corrected chi connectivity index (χ4v) is 4.08. The van der Waals surface area contributed by atoms with E-state index in [1.807, 2.05) is 0 Å². The summed E-state index contributed by atoms with van der Waals surface area (Å²) in [6.07, 6.45) is 16.7. The number of aliphatic hydroxyl groups excluding tert-OH is 1. The van der Waals surface area contributed by atoms with Crippen molar-refractivity contribution in [2.45, 2.75) is 142 Å². The number of hydrogen-bond donors (Lipinski definition) is 1. The van der Waals surface area contributed by atoms with Crippen LogP contribution in [0.3, 0.4) is 0 Å². The van der Waals surface area contributed by atoms with Crippen LogP contribution in [-0.2, 0) is 28.4 Å². The van der Waals surface area contributed by atoms with Crippen LogP contribution in [0.4, 0.5) is 0 Å². The van der Waals surface area contributed by atoms with E-state index < -0.39 is 0 Å². The van der Waals surface area contributed by atoms with E-state index in [4.69, 9.17) is 33.5 Å². The van der Waals surface area contributed by atoms with Gasteiger partial charge in [-0.25, -0.2) is 0 Å². The first-order chi connectivity index (χ1) is 16.4. The SMILES string of the molecule is CC1CCCCO1.CC1CCCCO1.CO.COC1CCCC(C)O1.COC1CCCC(C)O1. The molecular formula is C27H56O7. The largest absolute Gasteiger partial charge is 0.400 e. The monoisotopic (exact) mass is 492 g/mol. The summed E-state index contributed by atoms with van der Waals surface area (Å²) in [5.74, 6) is 0. The van der Waals surface area contributed by atoms with Gasteiger partial charge < -0.3 is 33.5 Å². The molecule has 7 heteroatoms. The maximum Gasteiger partial charge on any atom is 0.157 e. The molecule has 6 atom stereocenters. The van der Waals surface area contributed by atoms with Crippen molar-refractivity contribution in [3.05, 3.63) is 0 Å². The zero-order valence-corrected chi connectivity index (χ0v) is 23.3. The standard InChI is InChI=1S/2C7H14O2.2C6H12O.CH4O/c2*1-6-4-3-5-7(8-2)9-6;2*1-6-4-2-3-5-7-6;1-2/h2*6-7H,3-5H2,1-2H3;2*6H,2-5H2,1H3;2H,1H3. The van der Waals surface area contributed by atoms with Crippen LogP contribution in [0, 0.1) is 0 Å². The van der Waals surface area contributed by atoms with Crippen molar-refractivity contribution in [3.8, 4) is 0 Å². The molecule has 206 valence electrons. The van der Waals surface area contributed by atoms with E-state index in [1.54, 1.807) is 14.2 Å². The molecule has 4 heterocycles. The molecule has 4 rings (SSSR count). The van der Waals surface area contributed by atoms with Crippen LogP contribution < -0.4 is 0 Å². The summed E-state index contributed by atoms with van der Waals surface area (Å²) < 4.78 is 31.5. The maximum atomic E-state index is 7.00. The number of ether oxygens (including phenoxy) is 6. The van der Waals surface area contributed by atoms with Crippen molar-refractivity contribution in [2.24, 2.45) is 0 Å². The first-order valence-corrected chi connectivity index (χ1v) is 13.5. The molecule has 4 saturated heterocycles. The fraction of sp³-hybridized carbons (Fsp3) is 1.00. The minimum atomic E-state index is 0.0637. The molecule has 4 fully saturated rings. The quantitative estimate of drug-likeness (QED) is 0.518. The first kappa shape index (κ1) is 33.7. The summed E-state index contributed by atoms with van der Waals surface area (Å²) in [7, 11) is 4.39. The highest BCUT2D eigenvalue weighted by molar-refractivity contribution is 4.61. The molecule has 0 saturated carbocycles. The van der Waals surface area contributed by atoms with Crippen molar-refractivity contribution in [2.75, 3.05) is 34.5 Å². The van der Waals surface area contributed by atoms with Gasteiger partial charge in [0.1, 0.15) is 0 Å². The van der Waals surface area contributed by atoms with Crippen LogP contribution >= 0.6 is 0 Å². The molecule has 0 aromatic carbocycles. The Morgan fingerprint density at radius 1 is 0.500 bits per heavy atom. The van der Waals surface area contributed by atoms with Gasteiger partial charge in [-0.3, -0.25) is 0 Å². The molecule has 0 bridgehead atoms. The van der Waals surface area contributed by atoms with E-state index >= 15 is 0 Å². The van der Waals surface area contributed by atoms with Crippen LogP contribution in [-0.4, -0.2) is 76.6 Å². The highest BCUT2D eigenvalue weighted by atomic mass is 16.7. The highest BCUT2D eigenvalue weighted by Crippen LogP contribution is 2.19. The molecule has 7 nitrogen and oxygen atoms in total. The second-order valence-corrected chi connectivity index (χ2v) is 9.44. The third-order valence-corrected chi connectivity index (χ3v) is 6.21. The molecule has 0 spiro atoms. The smallest absolute Gasteiger partial charge is 0.157 e. The van der Waals surface area contributed by atoms with Gasteiger partial charge in [0.05, 0.1) is 24.4 Å². The summed E-state index contributed by atoms with van der Waals surface area (Å²) >= 11 is 0. The zero-order valence-electron chi connectivity index (χ0n) is 23.3. The van der Waals surface area contributed by atoms with Crippen molar-refractivity contribution in [1.29, 1.82) is 0 Å². The summed E-state index contributed by atoms with van der Waals surface area (Å²) in [5.41, 5.74) is 0. The van der Waals surface area contributed by atoms with Gasteiger partial charge in [0.15, 0.2) is 12.6 Å². The normalized spacial score (nSPS) is 33.2. The summed E-state index contributed by atoms with van der Waals surface area (Å²) in [4.78, 5) is 0. The summed E-state index contributed by atoms with van der Waals surface area (Å²) in [6.45, 7) is 10.4. The van der Waals surface area contributed by atoms with Gasteiger partial charge in [-0.1, -0.05) is 0 Å². The van der Waals surface area contributed by atoms with Gasteiger partial charge >= 0.3 is 0 Å². The molecule has 1 N–H and O–H groups in total. The van der Waals surface area contributed by atoms with Crippen molar-refractivity contribution >= 4 is 0 Å². The average molecular weight is 493 g/mol. The molecule has 0 radical (unpaired) electrons. The maximum absolute atomic E-state index is 7.00. The van der Waals surface area contributed by atoms with E-state index in [0.717, 1.165) is 33.2 Å². The second kappa shape index (κ2) is 23.1. The Balaban J connectivity index is 0.000000419. The zero-order chi connectivity index (χ0) is 25.6. The second-order valence-electron chi connectivity index (χ2n) is 9.44. The molecule has 0 amide bonds. The average Bonchev–Trinajstić information content (AvgIpc) is 2.87. The third kappa shape index (κ3) is 19.0. The minimum absolute atomic E-state index is 0.0637. The Labute approximate surface area is 210 Å². The molecule has 6 unspecified atom stereocenters. The van der Waals surface area contributed by atoms with Crippen molar-refractivity contribution < 1.29 is 33.5 Å². The van der Waals surface area contributed by atoms with Gasteiger partial charge in [0.2, 0.25) is 0 Å². The molecule has 4 aliphatic rings. The van der Waals surface area contributed by atoms with E-state index in [-0.39, 0.29) is 12.6 Å². The lowest BCUT2D eigenvalue weighted by Gasteiger charge is -2.26. The third-order valence-electron chi connectivity index (χ3n) is 6.21. The molecule has 0 aromatic heterocycles. The summed E-state index contributed by atoms with van der Waals surface area (Å²) in [5, 5.41) is 7.00. The lowest BCUT2D eigenvalue weighted by atomic mass is 10.1. The first-order valence-electron chi connectivity index (χ1n) is 13.5. The molecule has 0 aromatic rings. The lowest BCUT2D eigenvalue weighted by molar-refractivity contribution is -0.174. The number of aliphatic hydroxyl groups is 1. The van der Waals surface area contributed by atoms with E-state index in [1.165, 1.54) is 64.2 Å². The minimum Gasteiger partial charge on any atom is -0.400 e. The molecule has 0 aliphatic carbocycles. The number of methoxy groups -OCH3 is 2. The predicted molar refractivity (Wildman–Crippen MR) is 137 cm³/mol. The van der Waals surface area contributed by atoms with Crippen molar-refractivity contribution in [1.82, 2.24) is 0 Å². The van der Waals surface area contributed by atoms with Gasteiger partial charge in [0.25, 0.3) is 0 Å². The number of rotatable bonds is 2. The van der Waals surface area contributed by atoms with Crippen LogP contribution in [0.5, 0.6) is 0 Å². The Hall–Kier alpha value is -0.280. The van der Waals surface area contributed by atoms with Crippen LogP contribution in [0.1, 0.15) is 105 Å². The predicted octanol–water partition coefficient (Wildman–Crippen LogP) is 5.86. The molecular weight excluding hydrogens is 436 g/mol. The van der Waals surface area contributed by atoms with E-state index in [0.29, 0.717) is 24.4 Å². The Morgan fingerprint density at radius 2 is 0.853 bits per heavy atom. The highest BCUT2D eigenvalue weighted by Gasteiger charge is 2.18. The van der Waals surface area contributed by atoms with Crippen LogP contribution in [0.15, 0.2) is 0 Å². The molecule has 34 heavy (non-hydrogen) atoms. The van der Waals surface area contributed by atoms with E-state index in [9.17, 15) is 0 Å². The van der Waals surface area contributed by atoms with Crippen LogP contribution in [0.25, 0.3) is 0 Å². The molecule has 4 aliphatic heterocycles. The van der Waals surface area contributed by atoms with Gasteiger partial charge in [0, 0.05) is 34.5 Å². The van der Waals surface area contributed by atoms with Crippen LogP contribution in [0.2, 0.25) is 0 Å². The Bertz CT molecular complexity index is 374.